The monoisotopic (exact) mass is 429 g/mol. The summed E-state index contributed by atoms with van der Waals surface area (Å²) in [4.78, 5) is 28.9. The predicted molar refractivity (Wildman–Crippen MR) is 115 cm³/mol. The zero-order chi connectivity index (χ0) is 21.4. The Morgan fingerprint density at radius 2 is 1.55 bits per heavy atom. The van der Waals surface area contributed by atoms with E-state index in [9.17, 15) is 14.9 Å². The van der Waals surface area contributed by atoms with Gasteiger partial charge >= 0.3 is 0 Å². The molecule has 0 unspecified atom stereocenters. The fraction of sp³-hybridized carbons (Fsp3) is 0.696. The maximum absolute atomic E-state index is 13.3. The largest absolute Gasteiger partial charge is 0.448 e. The zero-order valence-electron chi connectivity index (χ0n) is 18.0. The lowest BCUT2D eigenvalue weighted by Gasteiger charge is -2.40. The van der Waals surface area contributed by atoms with Crippen LogP contribution < -0.4 is 9.47 Å². The zero-order valence-corrected chi connectivity index (χ0v) is 18.0. The van der Waals surface area contributed by atoms with Gasteiger partial charge in [-0.15, -0.1) is 0 Å². The lowest BCUT2D eigenvalue weighted by Crippen LogP contribution is -2.48. The summed E-state index contributed by atoms with van der Waals surface area (Å²) in [6.07, 6.45) is 10.4. The Bertz CT molecular complexity index is 853. The summed E-state index contributed by atoms with van der Waals surface area (Å²) in [6.45, 7) is 3.56. The van der Waals surface area contributed by atoms with E-state index < -0.39 is 10.7 Å². The van der Waals surface area contributed by atoms with Crippen LogP contribution in [0.15, 0.2) is 12.1 Å². The molecule has 3 fully saturated rings. The van der Waals surface area contributed by atoms with E-state index in [1.165, 1.54) is 31.4 Å². The molecule has 5 rings (SSSR count). The predicted octanol–water partition coefficient (Wildman–Crippen LogP) is 4.12. The lowest BCUT2D eigenvalue weighted by atomic mass is 9.94. The number of nitro groups is 1. The van der Waals surface area contributed by atoms with Gasteiger partial charge in [0.05, 0.1) is 11.0 Å². The van der Waals surface area contributed by atoms with Crippen LogP contribution in [0.3, 0.4) is 0 Å². The molecule has 0 atom stereocenters. The second-order valence-corrected chi connectivity index (χ2v) is 9.37. The molecule has 8 nitrogen and oxygen atoms in total. The number of nitrogens with zero attached hydrogens (tertiary/aromatic N) is 3. The molecule has 31 heavy (non-hydrogen) atoms. The molecule has 0 aromatic heterocycles. The van der Waals surface area contributed by atoms with Crippen molar-refractivity contribution in [1.29, 1.82) is 0 Å². The van der Waals surface area contributed by atoms with E-state index >= 15 is 0 Å². The summed E-state index contributed by atoms with van der Waals surface area (Å²) in [5.74, 6) is -0.157. The van der Waals surface area contributed by atoms with Gasteiger partial charge < -0.3 is 19.3 Å². The van der Waals surface area contributed by atoms with Gasteiger partial charge in [0.1, 0.15) is 5.56 Å². The SMILES string of the molecule is O=C(c1cc2c(cc1[N+](=O)[O-])OC1(CCCCC1)O2)N1CCC(N2CCCCC2)CC1. The Kier molecular flexibility index (Phi) is 5.50. The quantitative estimate of drug-likeness (QED) is 0.531. The van der Waals surface area contributed by atoms with E-state index in [0.717, 1.165) is 58.0 Å². The first-order valence-corrected chi connectivity index (χ1v) is 11.8. The van der Waals surface area contributed by atoms with Crippen LogP contribution in [0.2, 0.25) is 0 Å². The molecular formula is C23H31N3O5. The lowest BCUT2D eigenvalue weighted by molar-refractivity contribution is -0.385. The maximum atomic E-state index is 13.3. The van der Waals surface area contributed by atoms with Crippen LogP contribution in [0.4, 0.5) is 5.69 Å². The summed E-state index contributed by atoms with van der Waals surface area (Å²) >= 11 is 0. The second-order valence-electron chi connectivity index (χ2n) is 9.37. The molecule has 8 heteroatoms. The van der Waals surface area contributed by atoms with Gasteiger partial charge in [0.15, 0.2) is 11.5 Å². The molecule has 3 aliphatic heterocycles. The van der Waals surface area contributed by atoms with Crippen molar-refractivity contribution in [2.24, 2.45) is 0 Å². The number of amides is 1. The normalized spacial score (nSPS) is 23.8. The number of carbonyl (C=O) groups is 1. The topological polar surface area (TPSA) is 85.1 Å². The van der Waals surface area contributed by atoms with Crippen molar-refractivity contribution >= 4 is 11.6 Å². The molecule has 1 aromatic carbocycles. The highest BCUT2D eigenvalue weighted by molar-refractivity contribution is 5.99. The van der Waals surface area contributed by atoms with Crippen molar-refractivity contribution in [3.8, 4) is 11.5 Å². The second kappa shape index (κ2) is 8.30. The van der Waals surface area contributed by atoms with Crippen LogP contribution in [0.25, 0.3) is 0 Å². The third kappa shape index (κ3) is 3.97. The van der Waals surface area contributed by atoms with Crippen molar-refractivity contribution in [3.05, 3.63) is 27.8 Å². The fourth-order valence-corrected chi connectivity index (χ4v) is 5.64. The van der Waals surface area contributed by atoms with Crippen LogP contribution in [-0.2, 0) is 0 Å². The first-order chi connectivity index (χ1) is 15.0. The summed E-state index contributed by atoms with van der Waals surface area (Å²) in [5.41, 5.74) is -0.0880. The fourth-order valence-electron chi connectivity index (χ4n) is 5.64. The summed E-state index contributed by atoms with van der Waals surface area (Å²) in [6, 6.07) is 3.43. The molecule has 1 aromatic rings. The molecule has 1 saturated carbocycles. The number of carbonyl (C=O) groups excluding carboxylic acids is 1. The third-order valence-corrected chi connectivity index (χ3v) is 7.36. The molecule has 0 radical (unpaired) electrons. The molecule has 1 aliphatic carbocycles. The molecule has 2 saturated heterocycles. The van der Waals surface area contributed by atoms with Gasteiger partial charge in [-0.05, 0) is 51.6 Å². The number of hydrogen-bond acceptors (Lipinski definition) is 6. The van der Waals surface area contributed by atoms with Crippen molar-refractivity contribution < 1.29 is 19.2 Å². The number of piperidine rings is 2. The minimum Gasteiger partial charge on any atom is -0.448 e. The number of nitro benzene ring substituents is 1. The third-order valence-electron chi connectivity index (χ3n) is 7.36. The Morgan fingerprint density at radius 3 is 2.19 bits per heavy atom. The van der Waals surface area contributed by atoms with E-state index in [1.54, 1.807) is 4.90 Å². The van der Waals surface area contributed by atoms with E-state index in [0.29, 0.717) is 30.6 Å². The molecule has 1 spiro atoms. The number of likely N-dealkylation sites (tertiary alicyclic amines) is 2. The maximum Gasteiger partial charge on any atom is 0.286 e. The van der Waals surface area contributed by atoms with Crippen LogP contribution in [0, 0.1) is 10.1 Å². The standard InChI is InChI=1S/C23H31N3O5/c27-22(25-13-7-17(8-14-25)24-11-5-2-6-12-24)18-15-20-21(16-19(18)26(28)29)31-23(30-20)9-3-1-4-10-23/h15-17H,1-14H2. The number of hydrogen-bond donors (Lipinski definition) is 0. The Morgan fingerprint density at radius 1 is 0.935 bits per heavy atom. The number of benzene rings is 1. The highest BCUT2D eigenvalue weighted by Gasteiger charge is 2.44. The number of fused-ring (bicyclic) bond motifs is 1. The minimum absolute atomic E-state index is 0.108. The van der Waals surface area contributed by atoms with Crippen LogP contribution in [0.1, 0.15) is 74.6 Å². The van der Waals surface area contributed by atoms with Crippen LogP contribution >= 0.6 is 0 Å². The average molecular weight is 430 g/mol. The molecular weight excluding hydrogens is 398 g/mol. The van der Waals surface area contributed by atoms with Crippen molar-refractivity contribution in [1.82, 2.24) is 9.80 Å². The minimum atomic E-state index is -0.719. The summed E-state index contributed by atoms with van der Waals surface area (Å²) < 4.78 is 12.2. The summed E-state index contributed by atoms with van der Waals surface area (Å²) in [5, 5.41) is 11.8. The summed E-state index contributed by atoms with van der Waals surface area (Å²) in [7, 11) is 0. The molecule has 4 aliphatic rings. The van der Waals surface area contributed by atoms with Gasteiger partial charge in [-0.2, -0.15) is 0 Å². The van der Waals surface area contributed by atoms with Gasteiger partial charge in [0.25, 0.3) is 17.4 Å². The Hall–Kier alpha value is -2.35. The first-order valence-electron chi connectivity index (χ1n) is 11.8. The van der Waals surface area contributed by atoms with Gasteiger partial charge in [-0.3, -0.25) is 14.9 Å². The van der Waals surface area contributed by atoms with E-state index in [2.05, 4.69) is 4.90 Å². The van der Waals surface area contributed by atoms with Gasteiger partial charge in [-0.1, -0.05) is 12.8 Å². The smallest absolute Gasteiger partial charge is 0.286 e. The van der Waals surface area contributed by atoms with E-state index in [1.807, 2.05) is 0 Å². The van der Waals surface area contributed by atoms with Crippen molar-refractivity contribution in [2.75, 3.05) is 26.2 Å². The highest BCUT2D eigenvalue weighted by Crippen LogP contribution is 2.48. The van der Waals surface area contributed by atoms with Crippen molar-refractivity contribution in [2.45, 2.75) is 76.0 Å². The van der Waals surface area contributed by atoms with Gasteiger partial charge in [-0.25, -0.2) is 0 Å². The molecule has 0 bridgehead atoms. The molecule has 1 amide bonds. The first kappa shape index (κ1) is 20.5. The van der Waals surface area contributed by atoms with Crippen LogP contribution in [-0.4, -0.2) is 58.6 Å². The Labute approximate surface area is 182 Å². The highest BCUT2D eigenvalue weighted by atomic mass is 16.7. The number of rotatable bonds is 3. The molecule has 0 N–H and O–H groups in total. The van der Waals surface area contributed by atoms with Gasteiger partial charge in [0, 0.05) is 38.0 Å². The number of ether oxygens (including phenoxy) is 2. The average Bonchev–Trinajstić information content (AvgIpc) is 3.15. The van der Waals surface area contributed by atoms with Gasteiger partial charge in [0.2, 0.25) is 0 Å². The van der Waals surface area contributed by atoms with E-state index in [-0.39, 0.29) is 17.2 Å². The van der Waals surface area contributed by atoms with E-state index in [4.69, 9.17) is 9.47 Å². The molecule has 3 heterocycles. The van der Waals surface area contributed by atoms with Crippen molar-refractivity contribution in [3.63, 3.8) is 0 Å². The Balaban J connectivity index is 1.32. The van der Waals surface area contributed by atoms with Crippen LogP contribution in [0.5, 0.6) is 11.5 Å². The molecule has 168 valence electrons.